The van der Waals surface area contributed by atoms with Crippen LogP contribution in [0.15, 0.2) is 144 Å². The van der Waals surface area contributed by atoms with Crippen LogP contribution in [0.25, 0.3) is 66.4 Å². The Kier molecular flexibility index (Phi) is 8.24. The Balaban J connectivity index is 0.000000213. The zero-order valence-corrected chi connectivity index (χ0v) is 25.8. The summed E-state index contributed by atoms with van der Waals surface area (Å²) in [4.78, 5) is 8.75. The Morgan fingerprint density at radius 3 is 2.21 bits per heavy atom. The molecule has 3 nitrogen and oxygen atoms in total. The quantitative estimate of drug-likeness (QED) is 0.170. The molecule has 0 saturated heterocycles. The minimum atomic E-state index is 0. The van der Waals surface area contributed by atoms with E-state index in [2.05, 4.69) is 89.7 Å². The van der Waals surface area contributed by atoms with Gasteiger partial charge in [0.25, 0.3) is 0 Å². The van der Waals surface area contributed by atoms with E-state index >= 15 is 0 Å². The van der Waals surface area contributed by atoms with Gasteiger partial charge in [0.2, 0.25) is 0 Å². The van der Waals surface area contributed by atoms with Crippen LogP contribution in [0, 0.1) is 19.1 Å². The van der Waals surface area contributed by atoms with Crippen LogP contribution < -0.4 is 0 Å². The number of fused-ring (bicyclic) bond motifs is 5. The summed E-state index contributed by atoms with van der Waals surface area (Å²) < 4.78 is 6.08. The summed E-state index contributed by atoms with van der Waals surface area (Å²) in [5.74, 6) is 0. The van der Waals surface area contributed by atoms with Gasteiger partial charge in [0.05, 0.1) is 0 Å². The fraction of sp³-hybridized carbons (Fsp3) is 0.0256. The van der Waals surface area contributed by atoms with Crippen LogP contribution in [0.3, 0.4) is 0 Å². The Bertz CT molecular complexity index is 2120. The van der Waals surface area contributed by atoms with E-state index in [-0.39, 0.29) is 20.1 Å². The molecular weight excluding hydrogens is 705 g/mol. The van der Waals surface area contributed by atoms with Crippen molar-refractivity contribution in [1.29, 1.82) is 0 Å². The van der Waals surface area contributed by atoms with Crippen LogP contribution in [0.1, 0.15) is 5.56 Å². The minimum absolute atomic E-state index is 0. The molecule has 8 rings (SSSR count). The molecule has 0 amide bonds. The largest absolute Gasteiger partial charge is 0.456 e. The summed E-state index contributed by atoms with van der Waals surface area (Å²) in [5, 5.41) is 4.75. The number of hydrogen-bond donors (Lipinski definition) is 0. The molecule has 0 bridgehead atoms. The van der Waals surface area contributed by atoms with Crippen molar-refractivity contribution in [3.05, 3.63) is 157 Å². The van der Waals surface area contributed by atoms with E-state index in [1.807, 2.05) is 72.9 Å². The summed E-state index contributed by atoms with van der Waals surface area (Å²) in [6.45, 7) is 2.08. The van der Waals surface area contributed by atoms with Gasteiger partial charge >= 0.3 is 0 Å². The van der Waals surface area contributed by atoms with Crippen molar-refractivity contribution < 1.29 is 24.5 Å². The molecule has 43 heavy (non-hydrogen) atoms. The first-order valence-electron chi connectivity index (χ1n) is 13.9. The molecule has 5 aromatic carbocycles. The summed E-state index contributed by atoms with van der Waals surface area (Å²) in [5.41, 5.74) is 9.35. The number of furan rings is 1. The van der Waals surface area contributed by atoms with Crippen LogP contribution in [-0.4, -0.2) is 9.97 Å². The maximum atomic E-state index is 6.08. The summed E-state index contributed by atoms with van der Waals surface area (Å²) in [6, 6.07) is 49.5. The molecule has 0 spiro atoms. The van der Waals surface area contributed by atoms with Gasteiger partial charge in [-0.05, 0) is 58.9 Å². The van der Waals surface area contributed by atoms with Gasteiger partial charge in [-0.15, -0.1) is 71.3 Å². The fourth-order valence-corrected chi connectivity index (χ4v) is 5.37. The van der Waals surface area contributed by atoms with Gasteiger partial charge in [-0.1, -0.05) is 66.2 Å². The number of aryl methyl sites for hydroxylation is 1. The summed E-state index contributed by atoms with van der Waals surface area (Å²) in [6.07, 6.45) is 3.64. The second-order valence-electron chi connectivity index (χ2n) is 10.1. The maximum absolute atomic E-state index is 6.08. The van der Waals surface area contributed by atoms with Gasteiger partial charge in [-0.25, -0.2) is 0 Å². The van der Waals surface area contributed by atoms with Gasteiger partial charge in [-0.3, -0.25) is 0 Å². The van der Waals surface area contributed by atoms with Crippen LogP contribution in [0.5, 0.6) is 0 Å². The van der Waals surface area contributed by atoms with E-state index in [9.17, 15) is 0 Å². The molecule has 8 aromatic rings. The number of pyridine rings is 2. The zero-order valence-electron chi connectivity index (χ0n) is 23.4. The van der Waals surface area contributed by atoms with Crippen LogP contribution in [-0.2, 0) is 20.1 Å². The molecule has 1 radical (unpaired) electrons. The van der Waals surface area contributed by atoms with Crippen molar-refractivity contribution in [2.24, 2.45) is 0 Å². The molecule has 0 N–H and O–H groups in total. The summed E-state index contributed by atoms with van der Waals surface area (Å²) >= 11 is 0. The smallest absolute Gasteiger partial charge is 0.136 e. The molecule has 0 aliphatic rings. The minimum Gasteiger partial charge on any atom is -0.456 e. The van der Waals surface area contributed by atoms with E-state index in [0.717, 1.165) is 44.6 Å². The van der Waals surface area contributed by atoms with E-state index in [4.69, 9.17) is 4.42 Å². The number of aromatic nitrogens is 2. The standard InChI is InChI=1S/C28H18NO.C11H8N.Ir/c1-18-14-15-29-25(16-18)20-7-4-6-19(17-20)21-9-5-10-23-22(21)12-13-27-28(23)24-8-2-3-11-26(24)30-27;1-2-6-10(7-3-1)11-8-4-5-9-12-11;/h2-6,8-17H,1H3;1-6,8-9H;/q2*-1;. The molecule has 3 heterocycles. The number of benzene rings is 5. The molecule has 0 aliphatic carbocycles. The SMILES string of the molecule is Cc1ccnc(-c2[c-]ccc(-c3cccc4c3ccc3oc5ccccc5c34)c2)c1.[Ir].[c-]1ccccc1-c1ccccn1. The number of nitrogens with zero attached hydrogens (tertiary/aromatic N) is 2. The average Bonchev–Trinajstić information content (AvgIpc) is 3.45. The molecule has 0 atom stereocenters. The van der Waals surface area contributed by atoms with Crippen LogP contribution in [0.2, 0.25) is 0 Å². The Labute approximate surface area is 264 Å². The van der Waals surface area contributed by atoms with Crippen LogP contribution in [0.4, 0.5) is 0 Å². The average molecular weight is 731 g/mol. The number of para-hydroxylation sites is 1. The maximum Gasteiger partial charge on any atom is 0.136 e. The molecule has 209 valence electrons. The van der Waals surface area contributed by atoms with Crippen molar-refractivity contribution in [3.63, 3.8) is 0 Å². The van der Waals surface area contributed by atoms with Gasteiger partial charge in [0, 0.05) is 43.3 Å². The molecule has 0 fully saturated rings. The second-order valence-corrected chi connectivity index (χ2v) is 10.1. The fourth-order valence-electron chi connectivity index (χ4n) is 5.37. The van der Waals surface area contributed by atoms with Crippen molar-refractivity contribution >= 4 is 32.7 Å². The second kappa shape index (κ2) is 12.5. The van der Waals surface area contributed by atoms with Gasteiger partial charge < -0.3 is 14.4 Å². The van der Waals surface area contributed by atoms with E-state index < -0.39 is 0 Å². The molecule has 0 unspecified atom stereocenters. The van der Waals surface area contributed by atoms with Crippen molar-refractivity contribution in [1.82, 2.24) is 9.97 Å². The normalized spacial score (nSPS) is 10.7. The Hall–Kier alpha value is -4.89. The van der Waals surface area contributed by atoms with Crippen molar-refractivity contribution in [2.45, 2.75) is 6.92 Å². The van der Waals surface area contributed by atoms with Crippen LogP contribution >= 0.6 is 0 Å². The topological polar surface area (TPSA) is 38.9 Å². The van der Waals surface area contributed by atoms with E-state index in [1.54, 1.807) is 6.20 Å². The van der Waals surface area contributed by atoms with Gasteiger partial charge in [0.15, 0.2) is 0 Å². The zero-order chi connectivity index (χ0) is 28.3. The third-order valence-corrected chi connectivity index (χ3v) is 7.35. The first-order chi connectivity index (χ1) is 20.7. The summed E-state index contributed by atoms with van der Waals surface area (Å²) in [7, 11) is 0. The number of hydrogen-bond acceptors (Lipinski definition) is 3. The first-order valence-corrected chi connectivity index (χ1v) is 13.9. The van der Waals surface area contributed by atoms with Gasteiger partial charge in [0.1, 0.15) is 11.2 Å². The Morgan fingerprint density at radius 1 is 0.558 bits per heavy atom. The predicted molar refractivity (Wildman–Crippen MR) is 172 cm³/mol. The van der Waals surface area contributed by atoms with Crippen molar-refractivity contribution in [2.75, 3.05) is 0 Å². The number of rotatable bonds is 3. The Morgan fingerprint density at radius 2 is 1.37 bits per heavy atom. The molecular formula is C39H26IrN2O-2. The van der Waals surface area contributed by atoms with Crippen molar-refractivity contribution in [3.8, 4) is 33.6 Å². The third kappa shape index (κ3) is 5.76. The van der Waals surface area contributed by atoms with E-state index in [0.29, 0.717) is 0 Å². The molecule has 3 aromatic heterocycles. The van der Waals surface area contributed by atoms with E-state index in [1.165, 1.54) is 27.3 Å². The third-order valence-electron chi connectivity index (χ3n) is 7.35. The molecule has 4 heteroatoms. The predicted octanol–water partition coefficient (Wildman–Crippen LogP) is 10.1. The monoisotopic (exact) mass is 731 g/mol. The van der Waals surface area contributed by atoms with Gasteiger partial charge in [-0.2, -0.15) is 0 Å². The molecule has 0 aliphatic heterocycles. The first kappa shape index (κ1) is 28.2. The molecule has 0 saturated carbocycles.